The number of aromatic nitrogens is 4. The summed E-state index contributed by atoms with van der Waals surface area (Å²) in [7, 11) is -3.64. The predicted molar refractivity (Wildman–Crippen MR) is 109 cm³/mol. The van der Waals surface area contributed by atoms with Crippen LogP contribution in [0.15, 0.2) is 41.3 Å². The first-order valence-electron chi connectivity index (χ1n) is 9.16. The summed E-state index contributed by atoms with van der Waals surface area (Å²) in [6.07, 6.45) is 0. The number of aryl methyl sites for hydroxylation is 2. The van der Waals surface area contributed by atoms with Crippen molar-refractivity contribution in [3.05, 3.63) is 53.3 Å². The Morgan fingerprint density at radius 1 is 1.00 bits per heavy atom. The predicted octanol–water partition coefficient (Wildman–Crippen LogP) is 3.19. The van der Waals surface area contributed by atoms with E-state index < -0.39 is 10.0 Å². The van der Waals surface area contributed by atoms with Crippen LogP contribution in [-0.4, -0.2) is 34.9 Å². The highest BCUT2D eigenvalue weighted by Crippen LogP contribution is 2.23. The lowest BCUT2D eigenvalue weighted by Crippen LogP contribution is -2.28. The first-order valence-corrected chi connectivity index (χ1v) is 10.6. The maximum absolute atomic E-state index is 12.7. The lowest BCUT2D eigenvalue weighted by Gasteiger charge is -2.09. The second-order valence-electron chi connectivity index (χ2n) is 7.30. The molecule has 7 nitrogen and oxygen atoms in total. The van der Waals surface area contributed by atoms with E-state index in [0.29, 0.717) is 23.8 Å². The lowest BCUT2D eigenvalue weighted by atomic mass is 10.1. The molecule has 0 fully saturated rings. The molecular formula is C20H25N5O2S. The molecule has 0 atom stereocenters. The van der Waals surface area contributed by atoms with Gasteiger partial charge in [0.25, 0.3) is 0 Å². The highest BCUT2D eigenvalue weighted by atomic mass is 32.2. The molecule has 0 unspecified atom stereocenters. The van der Waals surface area contributed by atoms with Gasteiger partial charge in [-0.05, 0) is 38.8 Å². The van der Waals surface area contributed by atoms with Gasteiger partial charge >= 0.3 is 0 Å². The van der Waals surface area contributed by atoms with Gasteiger partial charge in [-0.25, -0.2) is 17.8 Å². The minimum atomic E-state index is -3.64. The molecule has 0 aliphatic carbocycles. The van der Waals surface area contributed by atoms with Crippen molar-refractivity contribution in [1.29, 1.82) is 0 Å². The van der Waals surface area contributed by atoms with Crippen LogP contribution in [0.25, 0.3) is 17.1 Å². The zero-order valence-corrected chi connectivity index (χ0v) is 17.6. The van der Waals surface area contributed by atoms with Gasteiger partial charge in [-0.1, -0.05) is 43.7 Å². The van der Waals surface area contributed by atoms with Gasteiger partial charge in [0, 0.05) is 12.1 Å². The van der Waals surface area contributed by atoms with E-state index in [1.165, 1.54) is 10.2 Å². The molecule has 0 amide bonds. The van der Waals surface area contributed by atoms with Crippen LogP contribution >= 0.6 is 0 Å². The summed E-state index contributed by atoms with van der Waals surface area (Å²) in [5.41, 5.74) is 3.83. The number of hydrogen-bond acceptors (Lipinski definition) is 5. The highest BCUT2D eigenvalue weighted by molar-refractivity contribution is 7.89. The van der Waals surface area contributed by atoms with Crippen LogP contribution in [0.5, 0.6) is 0 Å². The fourth-order valence-corrected chi connectivity index (χ4v) is 4.51. The molecule has 0 aliphatic heterocycles. The van der Waals surface area contributed by atoms with Gasteiger partial charge in [0.15, 0.2) is 5.82 Å². The molecule has 1 N–H and O–H groups in total. The van der Waals surface area contributed by atoms with Gasteiger partial charge in [0.05, 0.1) is 17.1 Å². The standard InChI is InChI=1S/C20H25N5O2S/c1-13(2)12-21-28(26,27)20-15(4)24-25(16(20)5)19-11-10-18(22-23-19)17-8-6-14(3)7-9-17/h6-11,13,21H,12H2,1-5H3. The van der Waals surface area contributed by atoms with Crippen LogP contribution in [0.4, 0.5) is 0 Å². The fourth-order valence-electron chi connectivity index (χ4n) is 2.91. The Morgan fingerprint density at radius 2 is 1.68 bits per heavy atom. The van der Waals surface area contributed by atoms with Crippen LogP contribution in [0.3, 0.4) is 0 Å². The van der Waals surface area contributed by atoms with Crippen molar-refractivity contribution in [2.75, 3.05) is 6.54 Å². The third-order valence-electron chi connectivity index (χ3n) is 4.39. The van der Waals surface area contributed by atoms with Gasteiger partial charge in [-0.3, -0.25) is 0 Å². The van der Waals surface area contributed by atoms with Crippen molar-refractivity contribution in [2.45, 2.75) is 39.5 Å². The van der Waals surface area contributed by atoms with E-state index in [4.69, 9.17) is 0 Å². The summed E-state index contributed by atoms with van der Waals surface area (Å²) < 4.78 is 29.5. The molecule has 3 rings (SSSR count). The van der Waals surface area contributed by atoms with Crippen LogP contribution in [0.2, 0.25) is 0 Å². The van der Waals surface area contributed by atoms with Crippen molar-refractivity contribution in [1.82, 2.24) is 24.7 Å². The second-order valence-corrected chi connectivity index (χ2v) is 9.00. The number of sulfonamides is 1. The SMILES string of the molecule is Cc1ccc(-c2ccc(-n3nc(C)c(S(=O)(=O)NCC(C)C)c3C)nn2)cc1. The normalized spacial score (nSPS) is 11.9. The molecule has 0 bridgehead atoms. The molecule has 28 heavy (non-hydrogen) atoms. The number of rotatable bonds is 6. The van der Waals surface area contributed by atoms with E-state index in [1.807, 2.05) is 51.1 Å². The molecule has 0 saturated carbocycles. The number of nitrogens with zero attached hydrogens (tertiary/aromatic N) is 4. The van der Waals surface area contributed by atoms with Gasteiger partial charge in [0.2, 0.25) is 10.0 Å². The van der Waals surface area contributed by atoms with E-state index in [-0.39, 0.29) is 10.8 Å². The Hall–Kier alpha value is -2.58. The zero-order valence-electron chi connectivity index (χ0n) is 16.8. The van der Waals surface area contributed by atoms with E-state index in [2.05, 4.69) is 20.0 Å². The van der Waals surface area contributed by atoms with Gasteiger partial charge in [-0.2, -0.15) is 5.10 Å². The minimum Gasteiger partial charge on any atom is -0.216 e. The molecule has 1 aromatic carbocycles. The van der Waals surface area contributed by atoms with E-state index in [9.17, 15) is 8.42 Å². The molecule has 2 aromatic heterocycles. The lowest BCUT2D eigenvalue weighted by molar-refractivity contribution is 0.559. The Bertz CT molecular complexity index is 1070. The van der Waals surface area contributed by atoms with Crippen molar-refractivity contribution in [3.63, 3.8) is 0 Å². The third-order valence-corrected chi connectivity index (χ3v) is 6.07. The monoisotopic (exact) mass is 399 g/mol. The summed E-state index contributed by atoms with van der Waals surface area (Å²) in [5, 5.41) is 12.9. The third kappa shape index (κ3) is 4.13. The molecule has 148 valence electrons. The Morgan fingerprint density at radius 3 is 2.25 bits per heavy atom. The maximum Gasteiger partial charge on any atom is 0.244 e. The quantitative estimate of drug-likeness (QED) is 0.687. The zero-order chi connectivity index (χ0) is 20.5. The average Bonchev–Trinajstić information content (AvgIpc) is 2.96. The summed E-state index contributed by atoms with van der Waals surface area (Å²) in [6.45, 7) is 9.72. The summed E-state index contributed by atoms with van der Waals surface area (Å²) in [4.78, 5) is 0.192. The number of benzene rings is 1. The first kappa shape index (κ1) is 20.2. The molecule has 2 heterocycles. The molecule has 8 heteroatoms. The second kappa shape index (κ2) is 7.81. The van der Waals surface area contributed by atoms with E-state index in [0.717, 1.165) is 11.3 Å². The van der Waals surface area contributed by atoms with Crippen molar-refractivity contribution < 1.29 is 8.42 Å². The smallest absolute Gasteiger partial charge is 0.216 e. The van der Waals surface area contributed by atoms with E-state index in [1.54, 1.807) is 19.9 Å². The van der Waals surface area contributed by atoms with Gasteiger partial charge < -0.3 is 0 Å². The van der Waals surface area contributed by atoms with Crippen LogP contribution < -0.4 is 4.72 Å². The largest absolute Gasteiger partial charge is 0.244 e. The minimum absolute atomic E-state index is 0.192. The number of hydrogen-bond donors (Lipinski definition) is 1. The first-order chi connectivity index (χ1) is 13.2. The van der Waals surface area contributed by atoms with Crippen molar-refractivity contribution >= 4 is 10.0 Å². The molecular weight excluding hydrogens is 374 g/mol. The Labute approximate surface area is 165 Å². The van der Waals surface area contributed by atoms with Crippen molar-refractivity contribution in [3.8, 4) is 17.1 Å². The van der Waals surface area contributed by atoms with Crippen LogP contribution in [-0.2, 0) is 10.0 Å². The van der Waals surface area contributed by atoms with Crippen molar-refractivity contribution in [2.24, 2.45) is 5.92 Å². The van der Waals surface area contributed by atoms with E-state index >= 15 is 0 Å². The van der Waals surface area contributed by atoms with Crippen LogP contribution in [0, 0.1) is 26.7 Å². The Balaban J connectivity index is 1.93. The van der Waals surface area contributed by atoms with Gasteiger partial charge in [-0.15, -0.1) is 10.2 Å². The molecule has 3 aromatic rings. The topological polar surface area (TPSA) is 89.8 Å². The summed E-state index contributed by atoms with van der Waals surface area (Å²) in [6, 6.07) is 11.7. The molecule has 0 radical (unpaired) electrons. The van der Waals surface area contributed by atoms with Crippen LogP contribution in [0.1, 0.15) is 30.8 Å². The Kier molecular flexibility index (Phi) is 5.62. The average molecular weight is 400 g/mol. The highest BCUT2D eigenvalue weighted by Gasteiger charge is 2.25. The maximum atomic E-state index is 12.7. The summed E-state index contributed by atoms with van der Waals surface area (Å²) >= 11 is 0. The molecule has 0 saturated heterocycles. The van der Waals surface area contributed by atoms with Gasteiger partial charge in [0.1, 0.15) is 4.90 Å². The summed E-state index contributed by atoms with van der Waals surface area (Å²) in [5.74, 6) is 0.687. The number of nitrogens with one attached hydrogen (secondary N) is 1. The molecule has 0 spiro atoms. The molecule has 0 aliphatic rings. The fraction of sp³-hybridized carbons (Fsp3) is 0.350.